The zero-order valence-corrected chi connectivity index (χ0v) is 21.1. The number of amides is 3. The van der Waals surface area contributed by atoms with Gasteiger partial charge in [-0.1, -0.05) is 50.6 Å². The first-order valence-electron chi connectivity index (χ1n) is 11.9. The second-order valence-corrected chi connectivity index (χ2v) is 8.75. The molecule has 1 aromatic carbocycles. The van der Waals surface area contributed by atoms with Gasteiger partial charge in [0.05, 0.1) is 6.04 Å². The van der Waals surface area contributed by atoms with Gasteiger partial charge in [-0.3, -0.25) is 24.2 Å². The van der Waals surface area contributed by atoms with Crippen LogP contribution in [0.1, 0.15) is 45.6 Å². The van der Waals surface area contributed by atoms with Crippen LogP contribution in [0.4, 0.5) is 0 Å². The summed E-state index contributed by atoms with van der Waals surface area (Å²) in [5.74, 6) is -3.33. The van der Waals surface area contributed by atoms with E-state index in [-0.39, 0.29) is 31.3 Å². The number of guanidine groups is 1. The van der Waals surface area contributed by atoms with Crippen molar-refractivity contribution in [3.05, 3.63) is 35.9 Å². The molecule has 36 heavy (non-hydrogen) atoms. The van der Waals surface area contributed by atoms with Crippen LogP contribution in [0.15, 0.2) is 35.3 Å². The van der Waals surface area contributed by atoms with Gasteiger partial charge in [0.2, 0.25) is 17.7 Å². The highest BCUT2D eigenvalue weighted by molar-refractivity contribution is 5.94. The molecule has 0 aliphatic heterocycles. The fourth-order valence-corrected chi connectivity index (χ4v) is 3.33. The van der Waals surface area contributed by atoms with Crippen molar-refractivity contribution in [1.82, 2.24) is 16.0 Å². The molecular formula is C24H39N7O5. The van der Waals surface area contributed by atoms with E-state index in [2.05, 4.69) is 20.9 Å². The summed E-state index contributed by atoms with van der Waals surface area (Å²) < 4.78 is 0. The molecule has 200 valence electrons. The lowest BCUT2D eigenvalue weighted by molar-refractivity contribution is -0.142. The number of rotatable bonds is 15. The Morgan fingerprint density at radius 2 is 1.61 bits per heavy atom. The van der Waals surface area contributed by atoms with E-state index in [4.69, 9.17) is 22.3 Å². The van der Waals surface area contributed by atoms with E-state index in [0.29, 0.717) is 12.8 Å². The van der Waals surface area contributed by atoms with Crippen LogP contribution in [-0.2, 0) is 25.6 Å². The van der Waals surface area contributed by atoms with Crippen LogP contribution >= 0.6 is 0 Å². The number of carboxylic acids is 1. The number of carbonyl (C=O) groups is 4. The summed E-state index contributed by atoms with van der Waals surface area (Å²) in [5.41, 5.74) is 17.6. The topological polar surface area (TPSA) is 215 Å². The first-order valence-corrected chi connectivity index (χ1v) is 11.9. The lowest BCUT2D eigenvalue weighted by Gasteiger charge is -2.27. The minimum atomic E-state index is -1.20. The zero-order valence-electron chi connectivity index (χ0n) is 21.1. The molecule has 0 aromatic heterocycles. The molecule has 0 heterocycles. The highest BCUT2D eigenvalue weighted by Gasteiger charge is 2.31. The second kappa shape index (κ2) is 15.4. The minimum Gasteiger partial charge on any atom is -0.480 e. The van der Waals surface area contributed by atoms with Gasteiger partial charge in [0.25, 0.3) is 0 Å². The molecule has 1 aromatic rings. The van der Waals surface area contributed by atoms with E-state index in [1.807, 2.05) is 37.3 Å². The van der Waals surface area contributed by atoms with Crippen LogP contribution in [-0.4, -0.2) is 65.5 Å². The molecule has 5 atom stereocenters. The molecule has 0 radical (unpaired) electrons. The van der Waals surface area contributed by atoms with Crippen LogP contribution in [0.5, 0.6) is 0 Å². The molecule has 10 N–H and O–H groups in total. The quantitative estimate of drug-likeness (QED) is 0.0908. The van der Waals surface area contributed by atoms with E-state index in [9.17, 15) is 19.2 Å². The van der Waals surface area contributed by atoms with E-state index in [1.54, 1.807) is 6.92 Å². The number of nitrogens with one attached hydrogen (secondary N) is 3. The molecule has 0 aliphatic carbocycles. The normalized spacial score (nSPS) is 14.9. The number of nitrogens with two attached hydrogens (primary N) is 3. The van der Waals surface area contributed by atoms with Crippen LogP contribution < -0.4 is 33.2 Å². The fraction of sp³-hybridized carbons (Fsp3) is 0.542. The number of nitrogens with zero attached hydrogens (tertiary/aromatic N) is 1. The molecule has 0 saturated carbocycles. The first-order chi connectivity index (χ1) is 17.0. The number of aliphatic imine (C=N–C) groups is 1. The highest BCUT2D eigenvalue weighted by atomic mass is 16.4. The van der Waals surface area contributed by atoms with Crippen molar-refractivity contribution in [1.29, 1.82) is 0 Å². The van der Waals surface area contributed by atoms with Gasteiger partial charge >= 0.3 is 5.97 Å². The third-order valence-corrected chi connectivity index (χ3v) is 5.74. The van der Waals surface area contributed by atoms with Crippen LogP contribution in [0.2, 0.25) is 0 Å². The summed E-state index contributed by atoms with van der Waals surface area (Å²) in [6, 6.07) is 5.19. The van der Waals surface area contributed by atoms with Crippen molar-refractivity contribution in [3.63, 3.8) is 0 Å². The predicted molar refractivity (Wildman–Crippen MR) is 137 cm³/mol. The van der Waals surface area contributed by atoms with Crippen molar-refractivity contribution < 1.29 is 24.3 Å². The number of hydrogen-bond acceptors (Lipinski definition) is 6. The summed E-state index contributed by atoms with van der Waals surface area (Å²) in [6.45, 7) is 5.17. The van der Waals surface area contributed by atoms with Crippen molar-refractivity contribution in [2.24, 2.45) is 28.1 Å². The Hall–Kier alpha value is -3.67. The molecular weight excluding hydrogens is 466 g/mol. The standard InChI is InChI=1S/C24H39N7O5/c1-4-14(2)19(22(34)29-15(3)23(35)36)31-21(33)18(11-8-12-28-24(26)27)30-20(32)17(25)13-16-9-6-5-7-10-16/h5-7,9-10,14-15,17-19H,4,8,11-13,25H2,1-3H3,(H,29,34)(H,30,32)(H,31,33)(H,35,36)(H4,26,27,28). The van der Waals surface area contributed by atoms with Crippen LogP contribution in [0, 0.1) is 5.92 Å². The molecule has 3 amide bonds. The van der Waals surface area contributed by atoms with Gasteiger partial charge in [-0.25, -0.2) is 0 Å². The average molecular weight is 506 g/mol. The van der Waals surface area contributed by atoms with Gasteiger partial charge < -0.3 is 38.3 Å². The summed E-state index contributed by atoms with van der Waals surface area (Å²) in [6.07, 6.45) is 1.39. The number of carboxylic acid groups (broad SMARTS) is 1. The van der Waals surface area contributed by atoms with Crippen LogP contribution in [0.3, 0.4) is 0 Å². The van der Waals surface area contributed by atoms with Crippen molar-refractivity contribution in [3.8, 4) is 0 Å². The fourth-order valence-electron chi connectivity index (χ4n) is 3.33. The summed E-state index contributed by atoms with van der Waals surface area (Å²) in [7, 11) is 0. The second-order valence-electron chi connectivity index (χ2n) is 8.75. The number of carbonyl (C=O) groups excluding carboxylic acids is 3. The Balaban J connectivity index is 2.99. The third-order valence-electron chi connectivity index (χ3n) is 5.74. The van der Waals surface area contributed by atoms with Crippen molar-refractivity contribution >= 4 is 29.7 Å². The first kappa shape index (κ1) is 30.4. The molecule has 0 saturated heterocycles. The number of benzene rings is 1. The lowest BCUT2D eigenvalue weighted by Crippen LogP contribution is -2.58. The Bertz CT molecular complexity index is 905. The van der Waals surface area contributed by atoms with Gasteiger partial charge in [0, 0.05) is 6.54 Å². The highest BCUT2D eigenvalue weighted by Crippen LogP contribution is 2.10. The van der Waals surface area contributed by atoms with E-state index >= 15 is 0 Å². The van der Waals surface area contributed by atoms with Crippen molar-refractivity contribution in [2.45, 2.75) is 70.6 Å². The van der Waals surface area contributed by atoms with Crippen molar-refractivity contribution in [2.75, 3.05) is 6.54 Å². The number of hydrogen-bond donors (Lipinski definition) is 7. The molecule has 12 nitrogen and oxygen atoms in total. The third kappa shape index (κ3) is 10.7. The molecule has 12 heteroatoms. The Labute approximate surface area is 211 Å². The monoisotopic (exact) mass is 505 g/mol. The smallest absolute Gasteiger partial charge is 0.325 e. The van der Waals surface area contributed by atoms with Crippen LogP contribution in [0.25, 0.3) is 0 Å². The largest absolute Gasteiger partial charge is 0.480 e. The molecule has 0 spiro atoms. The van der Waals surface area contributed by atoms with E-state index in [0.717, 1.165) is 5.56 Å². The zero-order chi connectivity index (χ0) is 27.3. The summed E-state index contributed by atoms with van der Waals surface area (Å²) >= 11 is 0. The SMILES string of the molecule is CCC(C)C(NC(=O)C(CCCN=C(N)N)NC(=O)C(N)Cc1ccccc1)C(=O)NC(C)C(=O)O. The molecule has 1 rings (SSSR count). The summed E-state index contributed by atoms with van der Waals surface area (Å²) in [4.78, 5) is 53.8. The summed E-state index contributed by atoms with van der Waals surface area (Å²) in [5, 5.41) is 16.8. The molecule has 0 fully saturated rings. The maximum atomic E-state index is 13.2. The van der Waals surface area contributed by atoms with Gasteiger partial charge in [-0.05, 0) is 37.7 Å². The predicted octanol–water partition coefficient (Wildman–Crippen LogP) is -0.785. The maximum absolute atomic E-state index is 13.2. The minimum absolute atomic E-state index is 0.0917. The van der Waals surface area contributed by atoms with Gasteiger partial charge in [-0.2, -0.15) is 0 Å². The molecule has 0 aliphatic rings. The number of aliphatic carboxylic acids is 1. The van der Waals surface area contributed by atoms with Gasteiger partial charge in [-0.15, -0.1) is 0 Å². The average Bonchev–Trinajstić information content (AvgIpc) is 2.83. The Morgan fingerprint density at radius 1 is 0.972 bits per heavy atom. The van der Waals surface area contributed by atoms with Gasteiger partial charge in [0.15, 0.2) is 5.96 Å². The Kier molecular flexibility index (Phi) is 12.9. The maximum Gasteiger partial charge on any atom is 0.325 e. The molecule has 5 unspecified atom stereocenters. The van der Waals surface area contributed by atoms with E-state index in [1.165, 1.54) is 6.92 Å². The lowest BCUT2D eigenvalue weighted by atomic mass is 9.97. The molecule has 0 bridgehead atoms. The van der Waals surface area contributed by atoms with E-state index < -0.39 is 47.9 Å². The Morgan fingerprint density at radius 3 is 2.17 bits per heavy atom. The van der Waals surface area contributed by atoms with Gasteiger partial charge in [0.1, 0.15) is 18.1 Å².